The highest BCUT2D eigenvalue weighted by Crippen LogP contribution is 2.36. The predicted octanol–water partition coefficient (Wildman–Crippen LogP) is 3.28. The number of benzene rings is 1. The number of aryl methyl sites for hydroxylation is 1. The van der Waals surface area contributed by atoms with Crippen LogP contribution >= 0.6 is 11.8 Å². The first kappa shape index (κ1) is 15.5. The Morgan fingerprint density at radius 3 is 2.50 bits per heavy atom. The molecule has 4 atom stereocenters. The molecule has 3 heteroatoms. The summed E-state index contributed by atoms with van der Waals surface area (Å²) >= 11 is 1.77. The monoisotopic (exact) mass is 267 g/mol. The molecule has 102 valence electrons. The first-order chi connectivity index (χ1) is 8.45. The zero-order chi connectivity index (χ0) is 13.7. The summed E-state index contributed by atoms with van der Waals surface area (Å²) in [6.45, 7) is 8.10. The van der Waals surface area contributed by atoms with Crippen molar-refractivity contribution in [3.8, 4) is 0 Å². The molecule has 0 aliphatic rings. The average molecular weight is 267 g/mol. The highest BCUT2D eigenvalue weighted by Gasteiger charge is 2.23. The smallest absolute Gasteiger partial charge is 0.0628 e. The van der Waals surface area contributed by atoms with Gasteiger partial charge in [0.1, 0.15) is 0 Å². The standard InChI is InChI=1S/C15H25NOS/c1-5-14(16)15(18-12(4)11(3)17)13-8-6-7-10(2)9-13/h6-9,11-12,14-15,17H,5,16H2,1-4H3. The highest BCUT2D eigenvalue weighted by atomic mass is 32.2. The normalized spacial score (nSPS) is 18.1. The van der Waals surface area contributed by atoms with E-state index in [1.54, 1.807) is 11.8 Å². The van der Waals surface area contributed by atoms with Crippen LogP contribution in [0.1, 0.15) is 43.6 Å². The number of thioether (sulfide) groups is 1. The Bertz CT molecular complexity index is 367. The van der Waals surface area contributed by atoms with Crippen LogP contribution in [0.15, 0.2) is 24.3 Å². The second kappa shape index (κ2) is 7.17. The third kappa shape index (κ3) is 4.30. The van der Waals surface area contributed by atoms with Crippen molar-refractivity contribution in [3.05, 3.63) is 35.4 Å². The van der Waals surface area contributed by atoms with Gasteiger partial charge < -0.3 is 10.8 Å². The van der Waals surface area contributed by atoms with E-state index in [2.05, 4.69) is 45.0 Å². The molecule has 2 nitrogen and oxygen atoms in total. The number of nitrogens with two attached hydrogens (primary N) is 1. The van der Waals surface area contributed by atoms with Crippen LogP contribution < -0.4 is 5.73 Å². The number of hydrogen-bond donors (Lipinski definition) is 2. The summed E-state index contributed by atoms with van der Waals surface area (Å²) in [7, 11) is 0. The van der Waals surface area contributed by atoms with Gasteiger partial charge in [-0.15, -0.1) is 11.8 Å². The fourth-order valence-corrected chi connectivity index (χ4v) is 3.22. The van der Waals surface area contributed by atoms with Crippen molar-refractivity contribution in [1.29, 1.82) is 0 Å². The van der Waals surface area contributed by atoms with E-state index in [9.17, 15) is 5.11 Å². The third-order valence-electron chi connectivity index (χ3n) is 3.27. The Labute approximate surface area is 115 Å². The van der Waals surface area contributed by atoms with Gasteiger partial charge in [-0.3, -0.25) is 0 Å². The van der Waals surface area contributed by atoms with E-state index < -0.39 is 0 Å². The van der Waals surface area contributed by atoms with Crippen molar-refractivity contribution in [2.45, 2.75) is 56.8 Å². The second-order valence-corrected chi connectivity index (χ2v) is 6.51. The molecule has 1 aromatic rings. The third-order valence-corrected chi connectivity index (χ3v) is 5.01. The van der Waals surface area contributed by atoms with Gasteiger partial charge in [-0.1, -0.05) is 43.7 Å². The minimum atomic E-state index is -0.314. The molecule has 0 spiro atoms. The minimum Gasteiger partial charge on any atom is -0.392 e. The van der Waals surface area contributed by atoms with Gasteiger partial charge in [0.2, 0.25) is 0 Å². The first-order valence-corrected chi connectivity index (χ1v) is 7.55. The van der Waals surface area contributed by atoms with Gasteiger partial charge in [0.05, 0.1) is 6.10 Å². The summed E-state index contributed by atoms with van der Waals surface area (Å²) in [5, 5.41) is 10.1. The number of rotatable bonds is 6. The SMILES string of the molecule is CCC(N)C(SC(C)C(C)O)c1cccc(C)c1. The molecule has 0 bridgehead atoms. The van der Waals surface area contributed by atoms with Crippen LogP contribution in [0.2, 0.25) is 0 Å². The van der Waals surface area contributed by atoms with Crippen molar-refractivity contribution in [2.24, 2.45) is 5.73 Å². The topological polar surface area (TPSA) is 46.2 Å². The molecule has 0 saturated heterocycles. The summed E-state index contributed by atoms with van der Waals surface area (Å²) in [6, 6.07) is 8.63. The Balaban J connectivity index is 2.91. The molecular formula is C15H25NOS. The van der Waals surface area contributed by atoms with Crippen LogP contribution in [-0.4, -0.2) is 22.5 Å². The van der Waals surface area contributed by atoms with Crippen molar-refractivity contribution in [1.82, 2.24) is 0 Å². The second-order valence-electron chi connectivity index (χ2n) is 4.99. The highest BCUT2D eigenvalue weighted by molar-refractivity contribution is 8.00. The van der Waals surface area contributed by atoms with Crippen molar-refractivity contribution in [2.75, 3.05) is 0 Å². The molecule has 0 aromatic heterocycles. The lowest BCUT2D eigenvalue weighted by Crippen LogP contribution is -2.29. The van der Waals surface area contributed by atoms with Crippen LogP contribution in [0.5, 0.6) is 0 Å². The molecule has 4 unspecified atom stereocenters. The van der Waals surface area contributed by atoms with Gasteiger partial charge in [0.15, 0.2) is 0 Å². The zero-order valence-electron chi connectivity index (χ0n) is 11.8. The lowest BCUT2D eigenvalue weighted by molar-refractivity contribution is 0.196. The minimum absolute atomic E-state index is 0.123. The van der Waals surface area contributed by atoms with Gasteiger partial charge in [0.25, 0.3) is 0 Å². The molecule has 0 aliphatic heterocycles. The Morgan fingerprint density at radius 2 is 2.00 bits per heavy atom. The average Bonchev–Trinajstić information content (AvgIpc) is 2.34. The van der Waals surface area contributed by atoms with E-state index in [0.717, 1.165) is 6.42 Å². The summed E-state index contributed by atoms with van der Waals surface area (Å²) < 4.78 is 0. The summed E-state index contributed by atoms with van der Waals surface area (Å²) in [4.78, 5) is 0. The lowest BCUT2D eigenvalue weighted by atomic mass is 10.0. The molecule has 0 radical (unpaired) electrons. The fraction of sp³-hybridized carbons (Fsp3) is 0.600. The van der Waals surface area contributed by atoms with E-state index in [4.69, 9.17) is 5.73 Å². The maximum atomic E-state index is 9.66. The number of hydrogen-bond acceptors (Lipinski definition) is 3. The Kier molecular flexibility index (Phi) is 6.19. The molecular weight excluding hydrogens is 242 g/mol. The first-order valence-electron chi connectivity index (χ1n) is 6.61. The van der Waals surface area contributed by atoms with E-state index in [1.165, 1.54) is 11.1 Å². The Morgan fingerprint density at radius 1 is 1.33 bits per heavy atom. The number of aliphatic hydroxyl groups is 1. The van der Waals surface area contributed by atoms with Crippen LogP contribution in [0.25, 0.3) is 0 Å². The van der Waals surface area contributed by atoms with Gasteiger partial charge in [-0.05, 0) is 25.8 Å². The largest absolute Gasteiger partial charge is 0.392 e. The summed E-state index contributed by atoms with van der Waals surface area (Å²) in [6.07, 6.45) is 0.629. The molecule has 0 amide bonds. The summed E-state index contributed by atoms with van der Waals surface area (Å²) in [5.74, 6) is 0. The molecule has 0 heterocycles. The van der Waals surface area contributed by atoms with E-state index >= 15 is 0 Å². The lowest BCUT2D eigenvalue weighted by Gasteiger charge is -2.27. The van der Waals surface area contributed by atoms with Gasteiger partial charge in [0, 0.05) is 16.5 Å². The van der Waals surface area contributed by atoms with Crippen molar-refractivity contribution >= 4 is 11.8 Å². The van der Waals surface area contributed by atoms with E-state index in [1.807, 2.05) is 6.92 Å². The van der Waals surface area contributed by atoms with E-state index in [0.29, 0.717) is 0 Å². The molecule has 18 heavy (non-hydrogen) atoms. The molecule has 1 aromatic carbocycles. The molecule has 0 saturated carbocycles. The molecule has 1 rings (SSSR count). The molecule has 0 fully saturated rings. The van der Waals surface area contributed by atoms with Gasteiger partial charge >= 0.3 is 0 Å². The van der Waals surface area contributed by atoms with Crippen LogP contribution in [-0.2, 0) is 0 Å². The zero-order valence-corrected chi connectivity index (χ0v) is 12.6. The van der Waals surface area contributed by atoms with Crippen molar-refractivity contribution in [3.63, 3.8) is 0 Å². The molecule has 0 aliphatic carbocycles. The quantitative estimate of drug-likeness (QED) is 0.831. The Hall–Kier alpha value is -0.510. The van der Waals surface area contributed by atoms with E-state index in [-0.39, 0.29) is 22.6 Å². The van der Waals surface area contributed by atoms with Gasteiger partial charge in [-0.2, -0.15) is 0 Å². The fourth-order valence-electron chi connectivity index (χ4n) is 1.83. The summed E-state index contributed by atoms with van der Waals surface area (Å²) in [5.41, 5.74) is 8.77. The van der Waals surface area contributed by atoms with Gasteiger partial charge in [-0.25, -0.2) is 0 Å². The van der Waals surface area contributed by atoms with Crippen molar-refractivity contribution < 1.29 is 5.11 Å². The van der Waals surface area contributed by atoms with Crippen LogP contribution in [0, 0.1) is 6.92 Å². The van der Waals surface area contributed by atoms with Crippen LogP contribution in [0.3, 0.4) is 0 Å². The van der Waals surface area contributed by atoms with Crippen LogP contribution in [0.4, 0.5) is 0 Å². The predicted molar refractivity (Wildman–Crippen MR) is 80.9 cm³/mol. The maximum Gasteiger partial charge on any atom is 0.0628 e. The number of aliphatic hydroxyl groups excluding tert-OH is 1. The maximum absolute atomic E-state index is 9.66. The molecule has 3 N–H and O–H groups in total.